The first-order valence-electron chi connectivity index (χ1n) is 9.70. The van der Waals surface area contributed by atoms with Crippen LogP contribution in [0, 0.1) is 6.92 Å². The van der Waals surface area contributed by atoms with Crippen LogP contribution < -0.4 is 15.8 Å². The number of hydrogen-bond acceptors (Lipinski definition) is 4. The molecule has 7 heteroatoms. The van der Waals surface area contributed by atoms with Crippen molar-refractivity contribution in [2.24, 2.45) is 5.50 Å². The lowest BCUT2D eigenvalue weighted by Crippen LogP contribution is -2.10. The van der Waals surface area contributed by atoms with Crippen LogP contribution in [-0.4, -0.2) is 19.9 Å². The van der Waals surface area contributed by atoms with Gasteiger partial charge in [0.15, 0.2) is 0 Å². The van der Waals surface area contributed by atoms with Crippen molar-refractivity contribution in [2.45, 2.75) is 26.4 Å². The van der Waals surface area contributed by atoms with Gasteiger partial charge in [0.25, 0.3) is 0 Å². The van der Waals surface area contributed by atoms with Crippen LogP contribution in [0.5, 0.6) is 5.75 Å². The number of nitrogens with two attached hydrogens (primary N) is 1. The van der Waals surface area contributed by atoms with Crippen LogP contribution in [0.1, 0.15) is 22.6 Å². The van der Waals surface area contributed by atoms with Crippen LogP contribution in [0.4, 0.5) is 0 Å². The maximum Gasteiger partial charge on any atom is 0.141 e. The molecule has 0 amide bonds. The highest BCUT2D eigenvalue weighted by molar-refractivity contribution is 7.43. The molecule has 0 saturated carbocycles. The molecule has 2 aromatic carbocycles. The molecule has 2 aliphatic rings. The van der Waals surface area contributed by atoms with E-state index in [9.17, 15) is 0 Å². The molecular formula is C22H20N5OP. The number of H-pyrrole nitrogens is 2. The predicted molar refractivity (Wildman–Crippen MR) is 116 cm³/mol. The number of aromatic amines is 2. The van der Waals surface area contributed by atoms with Gasteiger partial charge in [-0.05, 0) is 60.7 Å². The molecule has 1 unspecified atom stereocenters. The number of nitrogens with one attached hydrogen (secondary N) is 2. The third kappa shape index (κ3) is 2.64. The number of rotatable bonds is 2. The minimum absolute atomic E-state index is 0.190. The number of benzene rings is 2. The summed E-state index contributed by atoms with van der Waals surface area (Å²) in [6, 6.07) is 11.0. The third-order valence-corrected chi connectivity index (χ3v) is 6.32. The Morgan fingerprint density at radius 1 is 1.03 bits per heavy atom. The van der Waals surface area contributed by atoms with Gasteiger partial charge in [-0.3, -0.25) is 0 Å². The van der Waals surface area contributed by atoms with E-state index in [-0.39, 0.29) is 8.73 Å². The first-order chi connectivity index (χ1) is 14.2. The highest BCUT2D eigenvalue weighted by Crippen LogP contribution is 2.43. The summed E-state index contributed by atoms with van der Waals surface area (Å²) in [5.74, 6) is 1.83. The topological polar surface area (TPSA) is 92.6 Å². The first kappa shape index (κ1) is 17.0. The largest absolute Gasteiger partial charge is 0.488 e. The Morgan fingerprint density at radius 2 is 1.93 bits per heavy atom. The van der Waals surface area contributed by atoms with Crippen LogP contribution >= 0.6 is 8.73 Å². The number of nitrogens with zero attached hydrogens (tertiary/aromatic N) is 2. The van der Waals surface area contributed by atoms with Crippen LogP contribution in [0.15, 0.2) is 36.5 Å². The van der Waals surface area contributed by atoms with Crippen LogP contribution in [0.25, 0.3) is 33.6 Å². The summed E-state index contributed by atoms with van der Waals surface area (Å²) < 4.78 is 6.14. The van der Waals surface area contributed by atoms with E-state index in [0.29, 0.717) is 6.61 Å². The summed E-state index contributed by atoms with van der Waals surface area (Å²) in [6.07, 6.45) is 3.84. The molecule has 0 radical (unpaired) electrons. The fraction of sp³-hybridized carbons (Fsp3) is 0.182. The van der Waals surface area contributed by atoms with E-state index in [1.807, 2.05) is 13.1 Å². The fourth-order valence-corrected chi connectivity index (χ4v) is 4.78. The first-order valence-corrected chi connectivity index (χ1v) is 10.8. The van der Waals surface area contributed by atoms with Crippen molar-refractivity contribution in [1.29, 1.82) is 0 Å². The van der Waals surface area contributed by atoms with Crippen LogP contribution in [0.2, 0.25) is 0 Å². The number of ether oxygens (including phenoxy) is 1. The van der Waals surface area contributed by atoms with Gasteiger partial charge in [-0.25, -0.2) is 9.97 Å². The van der Waals surface area contributed by atoms with E-state index < -0.39 is 0 Å². The SMILES string of the molecule is Cc1ncc(-c2ccc3c(c2)OCc2cc4c(cc2-3)CCc2[nH]c(PN)nc2-4)[nH]1. The lowest BCUT2D eigenvalue weighted by molar-refractivity contribution is 0.302. The summed E-state index contributed by atoms with van der Waals surface area (Å²) in [4.78, 5) is 15.7. The van der Waals surface area contributed by atoms with E-state index in [4.69, 9.17) is 15.2 Å². The van der Waals surface area contributed by atoms with Crippen molar-refractivity contribution in [3.63, 3.8) is 0 Å². The predicted octanol–water partition coefficient (Wildman–Crippen LogP) is 3.61. The molecule has 4 aromatic rings. The molecule has 6 nitrogen and oxygen atoms in total. The molecule has 0 bridgehead atoms. The summed E-state index contributed by atoms with van der Waals surface area (Å²) in [6.45, 7) is 2.52. The maximum absolute atomic E-state index is 6.14. The Morgan fingerprint density at radius 3 is 2.76 bits per heavy atom. The van der Waals surface area contributed by atoms with Crippen molar-refractivity contribution < 1.29 is 4.74 Å². The van der Waals surface area contributed by atoms with Crippen molar-refractivity contribution >= 4 is 14.3 Å². The highest BCUT2D eigenvalue weighted by Gasteiger charge is 2.25. The standard InChI is InChI=1S/C22H20N5OP/c1-11-24-9-19(25-11)13-2-4-15-16-6-12-3-5-18-21(27-22(26-18)29-23)17(12)7-14(16)10-28-20(15)8-13/h2,4,6-9,29H,3,5,10,23H2,1H3,(H,24,25)(H,26,27). The van der Waals surface area contributed by atoms with Crippen LogP contribution in [0.3, 0.4) is 0 Å². The van der Waals surface area contributed by atoms with Gasteiger partial charge in [0, 0.05) is 31.1 Å². The van der Waals surface area contributed by atoms with E-state index in [1.165, 1.54) is 27.9 Å². The Labute approximate surface area is 169 Å². The monoisotopic (exact) mass is 401 g/mol. The van der Waals surface area contributed by atoms with E-state index in [2.05, 4.69) is 45.3 Å². The van der Waals surface area contributed by atoms with Gasteiger partial charge in [-0.2, -0.15) is 0 Å². The fourth-order valence-electron chi connectivity index (χ4n) is 4.38. The Balaban J connectivity index is 1.45. The highest BCUT2D eigenvalue weighted by atomic mass is 31.1. The maximum atomic E-state index is 6.14. The quantitative estimate of drug-likeness (QED) is 0.448. The molecule has 2 aromatic heterocycles. The molecule has 29 heavy (non-hydrogen) atoms. The van der Waals surface area contributed by atoms with Gasteiger partial charge in [-0.15, -0.1) is 0 Å². The van der Waals surface area contributed by atoms with E-state index in [1.54, 1.807) is 0 Å². The van der Waals surface area contributed by atoms with E-state index in [0.717, 1.165) is 52.5 Å². The molecule has 1 aliphatic heterocycles. The molecule has 6 rings (SSSR count). The van der Waals surface area contributed by atoms with E-state index >= 15 is 0 Å². The van der Waals surface area contributed by atoms with Crippen molar-refractivity contribution in [3.05, 3.63) is 59.2 Å². The number of aryl methyl sites for hydroxylation is 3. The van der Waals surface area contributed by atoms with Gasteiger partial charge in [-0.1, -0.05) is 6.07 Å². The van der Waals surface area contributed by atoms with Crippen LogP contribution in [-0.2, 0) is 19.4 Å². The number of imidazole rings is 2. The molecule has 1 atom stereocenters. The van der Waals surface area contributed by atoms with Gasteiger partial charge >= 0.3 is 0 Å². The summed E-state index contributed by atoms with van der Waals surface area (Å²) >= 11 is 0. The third-order valence-electron chi connectivity index (χ3n) is 5.81. The Hall–Kier alpha value is -2.95. The summed E-state index contributed by atoms with van der Waals surface area (Å²) in [5, 5.41) is 0. The summed E-state index contributed by atoms with van der Waals surface area (Å²) in [5.41, 5.74) is 17.2. The molecule has 4 N–H and O–H groups in total. The average Bonchev–Trinajstić information content (AvgIpc) is 3.38. The number of fused-ring (bicyclic) bond motifs is 6. The summed E-state index contributed by atoms with van der Waals surface area (Å²) in [7, 11) is 0.190. The van der Waals surface area contributed by atoms with Crippen molar-refractivity contribution in [3.8, 4) is 39.4 Å². The second-order valence-electron chi connectivity index (χ2n) is 7.61. The zero-order valence-electron chi connectivity index (χ0n) is 16.0. The van der Waals surface area contributed by atoms with Gasteiger partial charge in [0.05, 0.1) is 17.6 Å². The Bertz CT molecular complexity index is 1270. The average molecular weight is 401 g/mol. The molecule has 0 saturated heterocycles. The molecule has 1 aliphatic carbocycles. The molecular weight excluding hydrogens is 381 g/mol. The molecule has 0 spiro atoms. The number of hydrogen-bond donors (Lipinski definition) is 3. The zero-order valence-corrected chi connectivity index (χ0v) is 17.0. The second kappa shape index (κ2) is 6.28. The molecule has 144 valence electrons. The lowest BCUT2D eigenvalue weighted by atomic mass is 9.85. The lowest BCUT2D eigenvalue weighted by Gasteiger charge is -2.25. The molecule has 3 heterocycles. The smallest absolute Gasteiger partial charge is 0.141 e. The number of aromatic nitrogens is 4. The van der Waals surface area contributed by atoms with Gasteiger partial charge in [0.1, 0.15) is 23.7 Å². The van der Waals surface area contributed by atoms with Crippen molar-refractivity contribution in [1.82, 2.24) is 19.9 Å². The second-order valence-corrected chi connectivity index (χ2v) is 8.37. The van der Waals surface area contributed by atoms with Crippen molar-refractivity contribution in [2.75, 3.05) is 0 Å². The minimum atomic E-state index is 0.190. The molecule has 0 fully saturated rings. The minimum Gasteiger partial charge on any atom is -0.488 e. The van der Waals surface area contributed by atoms with Gasteiger partial charge in [0.2, 0.25) is 0 Å². The Kier molecular flexibility index (Phi) is 3.67. The van der Waals surface area contributed by atoms with Gasteiger partial charge < -0.3 is 20.2 Å². The normalized spacial score (nSPS) is 14.3. The zero-order chi connectivity index (χ0) is 19.5.